The summed E-state index contributed by atoms with van der Waals surface area (Å²) in [4.78, 5) is 1.81. The highest BCUT2D eigenvalue weighted by Gasteiger charge is 2.36. The van der Waals surface area contributed by atoms with Gasteiger partial charge in [0.05, 0.1) is 5.56 Å². The second kappa shape index (κ2) is 6.26. The van der Waals surface area contributed by atoms with Crippen molar-refractivity contribution in [3.63, 3.8) is 0 Å². The summed E-state index contributed by atoms with van der Waals surface area (Å²) in [5, 5.41) is 0. The second-order valence-electron chi connectivity index (χ2n) is 5.99. The molecule has 0 spiro atoms. The van der Waals surface area contributed by atoms with Crippen LogP contribution in [0.1, 0.15) is 43.7 Å². The van der Waals surface area contributed by atoms with E-state index < -0.39 is 11.7 Å². The van der Waals surface area contributed by atoms with E-state index in [1.54, 1.807) is 19.2 Å². The smallest absolute Gasteiger partial charge is 0.371 e. The van der Waals surface area contributed by atoms with E-state index in [0.29, 0.717) is 11.5 Å². The van der Waals surface area contributed by atoms with E-state index in [2.05, 4.69) is 6.92 Å². The monoisotopic (exact) mass is 300 g/mol. The molecule has 0 saturated heterocycles. The number of nitrogens with zero attached hydrogens (tertiary/aromatic N) is 1. The Hall–Kier alpha value is -1.23. The summed E-state index contributed by atoms with van der Waals surface area (Å²) < 4.78 is 40.0. The van der Waals surface area contributed by atoms with Crippen LogP contribution in [0.5, 0.6) is 0 Å². The van der Waals surface area contributed by atoms with Crippen LogP contribution < -0.4 is 10.6 Å². The molecule has 1 aliphatic carbocycles. The Kier molecular flexibility index (Phi) is 4.81. The van der Waals surface area contributed by atoms with Crippen molar-refractivity contribution in [2.75, 3.05) is 11.9 Å². The molecule has 2 unspecified atom stereocenters. The van der Waals surface area contributed by atoms with E-state index in [0.717, 1.165) is 19.3 Å². The van der Waals surface area contributed by atoms with Gasteiger partial charge in [-0.25, -0.2) is 0 Å². The van der Waals surface area contributed by atoms with E-state index in [9.17, 15) is 13.2 Å². The molecule has 1 fully saturated rings. The Bertz CT molecular complexity index is 485. The van der Waals surface area contributed by atoms with E-state index in [-0.39, 0.29) is 18.3 Å². The first-order chi connectivity index (χ1) is 9.84. The summed E-state index contributed by atoms with van der Waals surface area (Å²) in [7, 11) is 1.78. The molecular weight excluding hydrogens is 277 g/mol. The van der Waals surface area contributed by atoms with Gasteiger partial charge in [-0.05, 0) is 36.5 Å². The molecule has 2 rings (SSSR count). The van der Waals surface area contributed by atoms with Gasteiger partial charge < -0.3 is 10.6 Å². The molecule has 2 nitrogen and oxygen atoms in total. The molecule has 2 N–H and O–H groups in total. The first kappa shape index (κ1) is 16.1. The van der Waals surface area contributed by atoms with Gasteiger partial charge in [0.25, 0.3) is 0 Å². The highest BCUT2D eigenvalue weighted by molar-refractivity contribution is 5.56. The second-order valence-corrected chi connectivity index (χ2v) is 5.99. The third kappa shape index (κ3) is 3.51. The quantitative estimate of drug-likeness (QED) is 0.907. The lowest BCUT2D eigenvalue weighted by molar-refractivity contribution is -0.137. The fourth-order valence-corrected chi connectivity index (χ4v) is 3.30. The zero-order chi connectivity index (χ0) is 15.6. The number of nitrogens with two attached hydrogens (primary N) is 1. The number of anilines is 1. The van der Waals surface area contributed by atoms with E-state index in [4.69, 9.17) is 5.73 Å². The predicted octanol–water partition coefficient (Wildman–Crippen LogP) is 4.18. The topological polar surface area (TPSA) is 29.3 Å². The number of alkyl halides is 3. The summed E-state index contributed by atoms with van der Waals surface area (Å²) in [6.07, 6.45) is -0.0666. The number of rotatable bonds is 3. The maximum absolute atomic E-state index is 13.3. The van der Waals surface area contributed by atoms with Gasteiger partial charge in [-0.1, -0.05) is 25.8 Å². The lowest BCUT2D eigenvalue weighted by Gasteiger charge is -2.38. The van der Waals surface area contributed by atoms with Crippen molar-refractivity contribution in [1.29, 1.82) is 0 Å². The summed E-state index contributed by atoms with van der Waals surface area (Å²) in [6.45, 7) is 2.24. The summed E-state index contributed by atoms with van der Waals surface area (Å²) in [5.41, 5.74) is 5.67. The fourth-order valence-electron chi connectivity index (χ4n) is 3.30. The number of benzene rings is 1. The Morgan fingerprint density at radius 1 is 1.24 bits per heavy atom. The number of hydrogen-bond donors (Lipinski definition) is 1. The van der Waals surface area contributed by atoms with Gasteiger partial charge in [0.2, 0.25) is 0 Å². The molecule has 0 heterocycles. The Morgan fingerprint density at radius 3 is 2.48 bits per heavy atom. The zero-order valence-corrected chi connectivity index (χ0v) is 12.6. The van der Waals surface area contributed by atoms with E-state index in [1.165, 1.54) is 12.5 Å². The standard InChI is InChI=1S/C16H23F3N2/c1-11-5-3-4-6-14(11)21(2)15-8-7-12(10-20)9-13(15)16(17,18)19/h7-9,11,14H,3-6,10,20H2,1-2H3. The van der Waals surface area contributed by atoms with Crippen LogP contribution in [0.25, 0.3) is 0 Å². The van der Waals surface area contributed by atoms with Crippen molar-refractivity contribution < 1.29 is 13.2 Å². The van der Waals surface area contributed by atoms with Crippen molar-refractivity contribution in [3.8, 4) is 0 Å². The molecule has 2 atom stereocenters. The Morgan fingerprint density at radius 2 is 1.90 bits per heavy atom. The molecule has 0 amide bonds. The normalized spacial score (nSPS) is 23.1. The first-order valence-electron chi connectivity index (χ1n) is 7.47. The average molecular weight is 300 g/mol. The minimum Gasteiger partial charge on any atom is -0.371 e. The molecule has 1 aliphatic rings. The van der Waals surface area contributed by atoms with Crippen LogP contribution in [-0.4, -0.2) is 13.1 Å². The highest BCUT2D eigenvalue weighted by atomic mass is 19.4. The lowest BCUT2D eigenvalue weighted by atomic mass is 9.84. The van der Waals surface area contributed by atoms with Gasteiger partial charge >= 0.3 is 6.18 Å². The fraction of sp³-hybridized carbons (Fsp3) is 0.625. The van der Waals surface area contributed by atoms with E-state index in [1.807, 2.05) is 4.90 Å². The highest BCUT2D eigenvalue weighted by Crippen LogP contribution is 2.39. The molecule has 0 aliphatic heterocycles. The third-order valence-electron chi connectivity index (χ3n) is 4.55. The molecule has 21 heavy (non-hydrogen) atoms. The van der Waals surface area contributed by atoms with Gasteiger partial charge in [-0.3, -0.25) is 0 Å². The minimum absolute atomic E-state index is 0.118. The van der Waals surface area contributed by atoms with Gasteiger partial charge in [0.1, 0.15) is 0 Å². The molecule has 0 aromatic heterocycles. The molecule has 1 aromatic carbocycles. The van der Waals surface area contributed by atoms with Crippen LogP contribution in [0.2, 0.25) is 0 Å². The minimum atomic E-state index is -4.35. The van der Waals surface area contributed by atoms with Crippen LogP contribution in [0, 0.1) is 5.92 Å². The molecule has 1 saturated carbocycles. The summed E-state index contributed by atoms with van der Waals surface area (Å²) >= 11 is 0. The average Bonchev–Trinajstić information content (AvgIpc) is 2.45. The maximum atomic E-state index is 13.3. The SMILES string of the molecule is CC1CCCCC1N(C)c1ccc(CN)cc1C(F)(F)F. The van der Waals surface area contributed by atoms with Gasteiger partial charge in [0, 0.05) is 25.3 Å². The maximum Gasteiger partial charge on any atom is 0.418 e. The van der Waals surface area contributed by atoms with Crippen LogP contribution in [0.15, 0.2) is 18.2 Å². The summed E-state index contributed by atoms with van der Waals surface area (Å²) in [6, 6.07) is 4.60. The zero-order valence-electron chi connectivity index (χ0n) is 12.6. The Labute approximate surface area is 124 Å². The van der Waals surface area contributed by atoms with Crippen molar-refractivity contribution in [2.24, 2.45) is 11.7 Å². The molecule has 0 radical (unpaired) electrons. The summed E-state index contributed by atoms with van der Waals surface area (Å²) in [5.74, 6) is 0.416. The molecule has 118 valence electrons. The van der Waals surface area contributed by atoms with Crippen molar-refractivity contribution in [3.05, 3.63) is 29.3 Å². The van der Waals surface area contributed by atoms with Gasteiger partial charge in [0.15, 0.2) is 0 Å². The Balaban J connectivity index is 2.37. The number of hydrogen-bond acceptors (Lipinski definition) is 2. The molecule has 5 heteroatoms. The molecule has 0 bridgehead atoms. The predicted molar refractivity (Wildman–Crippen MR) is 79.2 cm³/mol. The molecule has 1 aromatic rings. The first-order valence-corrected chi connectivity index (χ1v) is 7.47. The third-order valence-corrected chi connectivity index (χ3v) is 4.55. The van der Waals surface area contributed by atoms with Gasteiger partial charge in [-0.2, -0.15) is 13.2 Å². The van der Waals surface area contributed by atoms with E-state index >= 15 is 0 Å². The molecular formula is C16H23F3N2. The van der Waals surface area contributed by atoms with Crippen LogP contribution in [-0.2, 0) is 12.7 Å². The number of halogens is 3. The van der Waals surface area contributed by atoms with Crippen LogP contribution in [0.3, 0.4) is 0 Å². The van der Waals surface area contributed by atoms with Crippen LogP contribution in [0.4, 0.5) is 18.9 Å². The lowest BCUT2D eigenvalue weighted by Crippen LogP contribution is -2.40. The van der Waals surface area contributed by atoms with Crippen molar-refractivity contribution in [1.82, 2.24) is 0 Å². The van der Waals surface area contributed by atoms with Crippen molar-refractivity contribution >= 4 is 5.69 Å². The largest absolute Gasteiger partial charge is 0.418 e. The van der Waals surface area contributed by atoms with Gasteiger partial charge in [-0.15, -0.1) is 0 Å². The van der Waals surface area contributed by atoms with Crippen molar-refractivity contribution in [2.45, 2.75) is 51.4 Å². The van der Waals surface area contributed by atoms with Crippen LogP contribution >= 0.6 is 0 Å².